The summed E-state index contributed by atoms with van der Waals surface area (Å²) in [6.07, 6.45) is 1.43. The highest BCUT2D eigenvalue weighted by molar-refractivity contribution is 9.11. The van der Waals surface area contributed by atoms with E-state index in [-0.39, 0.29) is 10.2 Å². The highest BCUT2D eigenvalue weighted by Gasteiger charge is 2.25. The molecule has 0 saturated heterocycles. The van der Waals surface area contributed by atoms with Crippen LogP contribution in [0, 0.1) is 0 Å². The number of nitrogens with one attached hydrogen (secondary N) is 1. The molecule has 0 atom stereocenters. The van der Waals surface area contributed by atoms with Gasteiger partial charge in [0.15, 0.2) is 5.13 Å². The molecule has 0 aliphatic carbocycles. The van der Waals surface area contributed by atoms with Gasteiger partial charge < -0.3 is 5.11 Å². The van der Waals surface area contributed by atoms with Gasteiger partial charge in [-0.2, -0.15) is 0 Å². The number of hydrogen-bond acceptors (Lipinski definition) is 5. The number of aromatic carboxylic acids is 1. The van der Waals surface area contributed by atoms with Crippen molar-refractivity contribution in [2.75, 3.05) is 4.72 Å². The highest BCUT2D eigenvalue weighted by atomic mass is 79.9. The Balaban J connectivity index is 2.50. The van der Waals surface area contributed by atoms with Gasteiger partial charge in [-0.25, -0.2) is 18.2 Å². The minimum Gasteiger partial charge on any atom is -0.478 e. The van der Waals surface area contributed by atoms with Gasteiger partial charge in [-0.1, -0.05) is 34.5 Å². The number of aromatic nitrogens is 1. The van der Waals surface area contributed by atoms with Crippen molar-refractivity contribution in [3.05, 3.63) is 37.7 Å². The number of halogens is 3. The van der Waals surface area contributed by atoms with Crippen LogP contribution in [0.5, 0.6) is 0 Å². The monoisotopic (exact) mass is 430 g/mol. The van der Waals surface area contributed by atoms with Crippen LogP contribution >= 0.6 is 50.5 Å². The van der Waals surface area contributed by atoms with Crippen molar-refractivity contribution in [2.24, 2.45) is 0 Å². The number of hydrogen-bond donors (Lipinski definition) is 2. The van der Waals surface area contributed by atoms with E-state index in [0.717, 1.165) is 23.5 Å². The van der Waals surface area contributed by atoms with Gasteiger partial charge in [-0.15, -0.1) is 0 Å². The largest absolute Gasteiger partial charge is 0.478 e. The summed E-state index contributed by atoms with van der Waals surface area (Å²) < 4.78 is 27.3. The molecule has 6 nitrogen and oxygen atoms in total. The van der Waals surface area contributed by atoms with E-state index in [0.29, 0.717) is 3.79 Å². The van der Waals surface area contributed by atoms with E-state index in [4.69, 9.17) is 28.3 Å². The molecule has 0 radical (unpaired) electrons. The molecule has 0 bridgehead atoms. The summed E-state index contributed by atoms with van der Waals surface area (Å²) in [5, 5.41) is 8.53. The van der Waals surface area contributed by atoms with Gasteiger partial charge in [-0.3, -0.25) is 4.72 Å². The molecule has 0 fully saturated rings. The molecule has 1 aromatic carbocycles. The summed E-state index contributed by atoms with van der Waals surface area (Å²) in [5.74, 6) is -1.42. The second-order valence-electron chi connectivity index (χ2n) is 3.61. The van der Waals surface area contributed by atoms with E-state index >= 15 is 0 Å². The Morgan fingerprint density at radius 3 is 2.57 bits per heavy atom. The molecule has 21 heavy (non-hydrogen) atoms. The molecule has 1 heterocycles. The molecule has 112 valence electrons. The van der Waals surface area contributed by atoms with Crippen molar-refractivity contribution in [3.8, 4) is 0 Å². The van der Waals surface area contributed by atoms with Gasteiger partial charge in [-0.05, 0) is 28.1 Å². The summed E-state index contributed by atoms with van der Waals surface area (Å²) in [6.45, 7) is 0. The first kappa shape index (κ1) is 16.5. The Kier molecular flexibility index (Phi) is 4.79. The molecular formula is C10H5BrCl2N2O4S2. The van der Waals surface area contributed by atoms with Crippen molar-refractivity contribution in [2.45, 2.75) is 4.90 Å². The number of carboxylic acid groups (broad SMARTS) is 1. The fourth-order valence-electron chi connectivity index (χ4n) is 1.41. The first-order chi connectivity index (χ1) is 9.72. The first-order valence-corrected chi connectivity index (χ1v) is 8.92. The van der Waals surface area contributed by atoms with Crippen LogP contribution in [-0.2, 0) is 10.0 Å². The molecule has 1 aromatic heterocycles. The lowest BCUT2D eigenvalue weighted by molar-refractivity contribution is 0.0697. The number of anilines is 1. The normalized spacial score (nSPS) is 11.4. The van der Waals surface area contributed by atoms with Crippen molar-refractivity contribution in [3.63, 3.8) is 0 Å². The number of rotatable bonds is 4. The summed E-state index contributed by atoms with van der Waals surface area (Å²) in [6, 6.07) is 2.28. The number of carbonyl (C=O) groups is 1. The van der Waals surface area contributed by atoms with Gasteiger partial charge in [0.2, 0.25) is 0 Å². The second-order valence-corrected chi connectivity index (χ2v) is 8.46. The van der Waals surface area contributed by atoms with Crippen molar-refractivity contribution >= 4 is 71.6 Å². The average molecular weight is 432 g/mol. The molecule has 2 aromatic rings. The quantitative estimate of drug-likeness (QED) is 0.768. The molecule has 0 spiro atoms. The number of benzene rings is 1. The number of carboxylic acids is 1. The molecule has 0 aliphatic rings. The van der Waals surface area contributed by atoms with Gasteiger partial charge in [0.1, 0.15) is 4.90 Å². The molecule has 0 amide bonds. The summed E-state index contributed by atoms with van der Waals surface area (Å²) in [7, 11) is -4.08. The van der Waals surface area contributed by atoms with Gasteiger partial charge in [0, 0.05) is 0 Å². The lowest BCUT2D eigenvalue weighted by Gasteiger charge is -2.10. The van der Waals surface area contributed by atoms with Crippen LogP contribution in [0.4, 0.5) is 5.13 Å². The minimum atomic E-state index is -4.08. The molecule has 0 saturated carbocycles. The SMILES string of the molecule is O=C(O)c1c(Cl)ccc(S(=O)(=O)Nc2ncc(Br)s2)c1Cl. The third-order valence-electron chi connectivity index (χ3n) is 2.26. The Bertz CT molecular complexity index is 822. The van der Waals surface area contributed by atoms with Crippen LogP contribution in [0.2, 0.25) is 10.0 Å². The predicted octanol–water partition coefficient (Wildman–Crippen LogP) is 3.71. The fourth-order valence-corrected chi connectivity index (χ4v) is 4.68. The highest BCUT2D eigenvalue weighted by Crippen LogP contribution is 2.33. The van der Waals surface area contributed by atoms with Crippen LogP contribution in [0.15, 0.2) is 27.0 Å². The van der Waals surface area contributed by atoms with E-state index in [1.807, 2.05) is 0 Å². The lowest BCUT2D eigenvalue weighted by atomic mass is 10.2. The Labute approximate surface area is 141 Å². The van der Waals surface area contributed by atoms with Gasteiger partial charge >= 0.3 is 5.97 Å². The maximum atomic E-state index is 12.2. The average Bonchev–Trinajstić information content (AvgIpc) is 2.72. The van der Waals surface area contributed by atoms with E-state index in [1.165, 1.54) is 6.20 Å². The first-order valence-electron chi connectivity index (χ1n) is 5.08. The number of nitrogens with zero attached hydrogens (tertiary/aromatic N) is 1. The Hall–Kier alpha value is -0.870. The zero-order chi connectivity index (χ0) is 15.8. The molecular weight excluding hydrogens is 427 g/mol. The lowest BCUT2D eigenvalue weighted by Crippen LogP contribution is -2.14. The van der Waals surface area contributed by atoms with E-state index in [9.17, 15) is 13.2 Å². The van der Waals surface area contributed by atoms with Crippen LogP contribution in [-0.4, -0.2) is 24.5 Å². The molecule has 0 unspecified atom stereocenters. The third kappa shape index (κ3) is 3.49. The van der Waals surface area contributed by atoms with Crippen molar-refractivity contribution in [1.29, 1.82) is 0 Å². The second kappa shape index (κ2) is 6.09. The Morgan fingerprint density at radius 2 is 2.05 bits per heavy atom. The maximum absolute atomic E-state index is 12.2. The summed E-state index contributed by atoms with van der Waals surface area (Å²) in [5.41, 5.74) is -0.471. The van der Waals surface area contributed by atoms with E-state index in [2.05, 4.69) is 25.6 Å². The van der Waals surface area contributed by atoms with E-state index in [1.54, 1.807) is 0 Å². The predicted molar refractivity (Wildman–Crippen MR) is 84.0 cm³/mol. The summed E-state index contributed by atoms with van der Waals surface area (Å²) >= 11 is 15.8. The van der Waals surface area contributed by atoms with Crippen LogP contribution in [0.1, 0.15) is 10.4 Å². The standard InChI is InChI=1S/C10H5BrCl2N2O4S2/c11-6-3-14-10(20-6)15-21(18,19)5-2-1-4(12)7(8(5)13)9(16)17/h1-3H,(H,14,15)(H,16,17). The van der Waals surface area contributed by atoms with Gasteiger partial charge in [0.25, 0.3) is 10.0 Å². The third-order valence-corrected chi connectivity index (χ3v) is 5.98. The molecule has 2 rings (SSSR count). The zero-order valence-corrected chi connectivity index (χ0v) is 14.5. The van der Waals surface area contributed by atoms with Crippen LogP contribution in [0.3, 0.4) is 0 Å². The van der Waals surface area contributed by atoms with Crippen molar-refractivity contribution < 1.29 is 18.3 Å². The van der Waals surface area contributed by atoms with Crippen LogP contribution in [0.25, 0.3) is 0 Å². The fraction of sp³-hybridized carbons (Fsp3) is 0. The molecule has 0 aliphatic heterocycles. The minimum absolute atomic E-state index is 0.116. The topological polar surface area (TPSA) is 96.4 Å². The molecule has 11 heteroatoms. The van der Waals surface area contributed by atoms with Crippen LogP contribution < -0.4 is 4.72 Å². The Morgan fingerprint density at radius 1 is 1.38 bits per heavy atom. The smallest absolute Gasteiger partial charge is 0.338 e. The van der Waals surface area contributed by atoms with Crippen molar-refractivity contribution in [1.82, 2.24) is 4.98 Å². The molecule has 2 N–H and O–H groups in total. The number of thiazole rings is 1. The summed E-state index contributed by atoms with van der Waals surface area (Å²) in [4.78, 5) is 14.5. The van der Waals surface area contributed by atoms with E-state index < -0.39 is 31.5 Å². The number of sulfonamides is 1. The maximum Gasteiger partial charge on any atom is 0.338 e. The zero-order valence-electron chi connectivity index (χ0n) is 9.80. The van der Waals surface area contributed by atoms with Gasteiger partial charge in [0.05, 0.1) is 25.6 Å².